The summed E-state index contributed by atoms with van der Waals surface area (Å²) in [7, 11) is 3.70. The minimum atomic E-state index is -0.703. The molecule has 0 radical (unpaired) electrons. The van der Waals surface area contributed by atoms with Gasteiger partial charge in [-0.15, -0.1) is 0 Å². The van der Waals surface area contributed by atoms with E-state index in [0.29, 0.717) is 46.1 Å². The van der Waals surface area contributed by atoms with Gasteiger partial charge in [-0.05, 0) is 55.9 Å². The molecule has 1 aliphatic heterocycles. The molecule has 3 aromatic carbocycles. The first-order chi connectivity index (χ1) is 24.4. The van der Waals surface area contributed by atoms with Crippen molar-refractivity contribution in [3.8, 4) is 34.3 Å². The highest BCUT2D eigenvalue weighted by Crippen LogP contribution is 2.38. The number of methoxy groups -OCH3 is 1. The Morgan fingerprint density at radius 3 is 2.52 bits per heavy atom. The summed E-state index contributed by atoms with van der Waals surface area (Å²) in [5.41, 5.74) is 1.74. The Morgan fingerprint density at radius 1 is 0.880 bits per heavy atom. The number of benzene rings is 3. The first kappa shape index (κ1) is 32.9. The van der Waals surface area contributed by atoms with Gasteiger partial charge in [-0.2, -0.15) is 5.10 Å². The third-order valence-electron chi connectivity index (χ3n) is 8.61. The molecule has 1 N–H and O–H groups in total. The number of carbonyl (C=O) groups is 1. The Morgan fingerprint density at radius 2 is 1.72 bits per heavy atom. The van der Waals surface area contributed by atoms with Gasteiger partial charge in [-0.3, -0.25) is 9.78 Å². The second kappa shape index (κ2) is 14.4. The molecule has 0 bridgehead atoms. The predicted octanol–water partition coefficient (Wildman–Crippen LogP) is 6.29. The maximum Gasteiger partial charge on any atom is 0.274 e. The molecule has 0 spiro atoms. The van der Waals surface area contributed by atoms with Gasteiger partial charge >= 0.3 is 0 Å². The molecule has 7 rings (SSSR count). The lowest BCUT2D eigenvalue weighted by Gasteiger charge is -2.32. The lowest BCUT2D eigenvalue weighted by Crippen LogP contribution is -2.44. The van der Waals surface area contributed by atoms with E-state index < -0.39 is 17.5 Å². The van der Waals surface area contributed by atoms with Crippen LogP contribution in [-0.4, -0.2) is 88.8 Å². The van der Waals surface area contributed by atoms with Crippen LogP contribution >= 0.6 is 0 Å². The molecule has 1 fully saturated rings. The second-order valence-corrected chi connectivity index (χ2v) is 12.0. The Bertz CT molecular complexity index is 2170. The molecule has 1 amide bonds. The van der Waals surface area contributed by atoms with Crippen LogP contribution in [0.15, 0.2) is 85.2 Å². The number of rotatable bonds is 11. The number of ether oxygens (including phenoxy) is 3. The van der Waals surface area contributed by atoms with Crippen molar-refractivity contribution in [2.45, 2.75) is 6.42 Å². The van der Waals surface area contributed by atoms with Crippen LogP contribution in [0.1, 0.15) is 16.9 Å². The number of nitrogens with one attached hydrogen (secondary N) is 1. The summed E-state index contributed by atoms with van der Waals surface area (Å²) in [4.78, 5) is 26.8. The number of nitrogens with zero attached hydrogens (tertiary/aromatic N) is 6. The summed E-state index contributed by atoms with van der Waals surface area (Å²) in [5.74, 6) is -0.397. The van der Waals surface area contributed by atoms with Crippen LogP contribution in [0.2, 0.25) is 0 Å². The summed E-state index contributed by atoms with van der Waals surface area (Å²) in [5, 5.41) is 7.49. The van der Waals surface area contributed by atoms with Crippen LogP contribution in [0.25, 0.3) is 27.8 Å². The molecule has 0 atom stereocenters. The lowest BCUT2D eigenvalue weighted by molar-refractivity contribution is 0.102. The minimum absolute atomic E-state index is 0.00701. The minimum Gasteiger partial charge on any atom is -0.493 e. The van der Waals surface area contributed by atoms with E-state index in [1.165, 1.54) is 35.0 Å². The Labute approximate surface area is 287 Å². The van der Waals surface area contributed by atoms with E-state index in [1.54, 1.807) is 55.8 Å². The Balaban J connectivity index is 1.05. The average molecular weight is 680 g/mol. The van der Waals surface area contributed by atoms with Crippen LogP contribution in [0.3, 0.4) is 0 Å². The van der Waals surface area contributed by atoms with Crippen molar-refractivity contribution in [1.82, 2.24) is 29.4 Å². The van der Waals surface area contributed by atoms with Crippen LogP contribution in [-0.2, 0) is 0 Å². The molecular formula is C37H35F2N7O4. The number of hydrogen-bond donors (Lipinski definition) is 1. The zero-order chi connectivity index (χ0) is 34.6. The van der Waals surface area contributed by atoms with Crippen molar-refractivity contribution in [1.29, 1.82) is 0 Å². The number of anilines is 1. The maximum atomic E-state index is 15.4. The highest BCUT2D eigenvalue weighted by Gasteiger charge is 2.19. The third kappa shape index (κ3) is 7.05. The van der Waals surface area contributed by atoms with Gasteiger partial charge in [-0.1, -0.05) is 12.1 Å². The van der Waals surface area contributed by atoms with Crippen molar-refractivity contribution in [2.75, 3.05) is 58.8 Å². The number of fused-ring (bicyclic) bond motifs is 2. The van der Waals surface area contributed by atoms with Gasteiger partial charge in [0.1, 0.15) is 17.3 Å². The van der Waals surface area contributed by atoms with Crippen LogP contribution in [0.5, 0.6) is 23.0 Å². The predicted molar refractivity (Wildman–Crippen MR) is 185 cm³/mol. The van der Waals surface area contributed by atoms with E-state index in [1.807, 2.05) is 0 Å². The van der Waals surface area contributed by atoms with E-state index in [-0.39, 0.29) is 22.7 Å². The van der Waals surface area contributed by atoms with E-state index >= 15 is 4.39 Å². The molecule has 4 heterocycles. The maximum absolute atomic E-state index is 15.4. The summed E-state index contributed by atoms with van der Waals surface area (Å²) in [6, 6.07) is 18.5. The fourth-order valence-corrected chi connectivity index (χ4v) is 5.90. The number of carbonyl (C=O) groups excluding carboxylic acids is 1. The number of aromatic nitrogens is 4. The molecule has 11 nitrogen and oxygen atoms in total. The Hall–Kier alpha value is -5.66. The molecule has 1 saturated heterocycles. The number of likely N-dealkylation sites (N-methyl/N-ethyl adjacent to an activating group) is 1. The molecule has 50 heavy (non-hydrogen) atoms. The number of pyridine rings is 1. The fourth-order valence-electron chi connectivity index (χ4n) is 5.90. The summed E-state index contributed by atoms with van der Waals surface area (Å²) >= 11 is 0. The topological polar surface area (TPSA) is 106 Å². The van der Waals surface area contributed by atoms with Gasteiger partial charge in [0.15, 0.2) is 28.7 Å². The van der Waals surface area contributed by atoms with Gasteiger partial charge in [0.2, 0.25) is 0 Å². The average Bonchev–Trinajstić information content (AvgIpc) is 3.61. The molecule has 0 unspecified atom stereocenters. The normalized spacial score (nSPS) is 13.8. The van der Waals surface area contributed by atoms with Gasteiger partial charge in [0.25, 0.3) is 5.91 Å². The largest absolute Gasteiger partial charge is 0.493 e. The molecule has 0 aliphatic carbocycles. The fraction of sp³-hybridized carbons (Fsp3) is 0.243. The van der Waals surface area contributed by atoms with E-state index in [4.69, 9.17) is 14.2 Å². The smallest absolute Gasteiger partial charge is 0.274 e. The zero-order valence-electron chi connectivity index (χ0n) is 27.6. The molecule has 13 heteroatoms. The van der Waals surface area contributed by atoms with Gasteiger partial charge in [-0.25, -0.2) is 18.3 Å². The van der Waals surface area contributed by atoms with Gasteiger partial charge < -0.3 is 29.3 Å². The van der Waals surface area contributed by atoms with Gasteiger partial charge in [0, 0.05) is 73.8 Å². The SMILES string of the molecule is COc1cc2c(Oc3ccc(NC(=O)c4cc(-c5ccccc5F)n5nccc5n4)cc3F)ccnc2cc1OCCCN1CCN(C)CC1. The molecule has 3 aromatic heterocycles. The third-order valence-corrected chi connectivity index (χ3v) is 8.61. The van der Waals surface area contributed by atoms with Crippen molar-refractivity contribution in [3.63, 3.8) is 0 Å². The lowest BCUT2D eigenvalue weighted by atomic mass is 10.1. The molecule has 256 valence electrons. The zero-order valence-corrected chi connectivity index (χ0v) is 27.6. The summed E-state index contributed by atoms with van der Waals surface area (Å²) in [6.07, 6.45) is 3.96. The van der Waals surface area contributed by atoms with Crippen molar-refractivity contribution >= 4 is 28.1 Å². The van der Waals surface area contributed by atoms with E-state index in [2.05, 4.69) is 37.2 Å². The highest BCUT2D eigenvalue weighted by molar-refractivity contribution is 6.03. The van der Waals surface area contributed by atoms with Crippen LogP contribution in [0, 0.1) is 11.6 Å². The molecule has 1 aliphatic rings. The number of halogens is 2. The quantitative estimate of drug-likeness (QED) is 0.158. The number of piperazine rings is 1. The van der Waals surface area contributed by atoms with Gasteiger partial charge in [0.05, 0.1) is 31.1 Å². The van der Waals surface area contributed by atoms with Crippen molar-refractivity contribution in [3.05, 3.63) is 103 Å². The van der Waals surface area contributed by atoms with Crippen LogP contribution < -0.4 is 19.5 Å². The highest BCUT2D eigenvalue weighted by atomic mass is 19.1. The van der Waals surface area contributed by atoms with E-state index in [9.17, 15) is 9.18 Å². The standard InChI is InChI=1S/C37H35F2N7O4/c1-44-15-17-45(18-16-44)14-5-19-49-35-23-29-26(21-34(35)48-2)32(10-12-40-29)50-33-9-8-24(20-28(33)39)42-37(47)30-22-31(25-6-3-4-7-27(25)38)46-36(43-30)11-13-41-46/h3-4,6-13,20-23H,5,14-19H2,1-2H3,(H,42,47). The van der Waals surface area contributed by atoms with Crippen molar-refractivity contribution in [2.24, 2.45) is 0 Å². The van der Waals surface area contributed by atoms with E-state index in [0.717, 1.165) is 45.2 Å². The monoisotopic (exact) mass is 679 g/mol. The molecule has 0 saturated carbocycles. The first-order valence-electron chi connectivity index (χ1n) is 16.2. The first-order valence-corrected chi connectivity index (χ1v) is 16.2. The second-order valence-electron chi connectivity index (χ2n) is 12.0. The number of hydrogen-bond acceptors (Lipinski definition) is 9. The van der Waals surface area contributed by atoms with Crippen LogP contribution in [0.4, 0.5) is 14.5 Å². The molecular weight excluding hydrogens is 644 g/mol. The Kier molecular flexibility index (Phi) is 9.49. The summed E-state index contributed by atoms with van der Waals surface area (Å²) < 4.78 is 49.2. The molecule has 6 aromatic rings. The number of amides is 1. The van der Waals surface area contributed by atoms with Crippen molar-refractivity contribution < 1.29 is 27.8 Å². The summed E-state index contributed by atoms with van der Waals surface area (Å²) in [6.45, 7) is 5.75.